The lowest BCUT2D eigenvalue weighted by Crippen LogP contribution is -2.05. The molecule has 0 radical (unpaired) electrons. The van der Waals surface area contributed by atoms with Crippen LogP contribution in [0.25, 0.3) is 0 Å². The Kier molecular flexibility index (Phi) is 3.74. The highest BCUT2D eigenvalue weighted by atomic mass is 16.3. The predicted octanol–water partition coefficient (Wildman–Crippen LogP) is 0.143. The number of nitrogens with one attached hydrogen (secondary N) is 1. The van der Waals surface area contributed by atoms with Crippen LogP contribution in [0.4, 0.5) is 0 Å². The fourth-order valence-corrected chi connectivity index (χ4v) is 0.715. The molecule has 1 heterocycles. The van der Waals surface area contributed by atoms with Gasteiger partial charge in [-0.2, -0.15) is 0 Å². The second-order valence-corrected chi connectivity index (χ2v) is 2.42. The van der Waals surface area contributed by atoms with E-state index in [-0.39, 0.29) is 5.75 Å². The van der Waals surface area contributed by atoms with Crippen LogP contribution in [0.1, 0.15) is 12.2 Å². The van der Waals surface area contributed by atoms with Gasteiger partial charge in [-0.25, -0.2) is 9.97 Å². The minimum absolute atomic E-state index is 0.0563. The van der Waals surface area contributed by atoms with E-state index in [1.807, 2.05) is 7.05 Å². The molecule has 2 N–H and O–H groups in total. The van der Waals surface area contributed by atoms with E-state index in [1.165, 1.54) is 12.4 Å². The van der Waals surface area contributed by atoms with Crippen molar-refractivity contribution in [2.45, 2.75) is 6.42 Å². The maximum Gasteiger partial charge on any atom is 0.205 e. The molecule has 0 amide bonds. The molecule has 0 saturated heterocycles. The van der Waals surface area contributed by atoms with Crippen molar-refractivity contribution in [3.63, 3.8) is 0 Å². The topological polar surface area (TPSA) is 58.0 Å². The summed E-state index contributed by atoms with van der Waals surface area (Å²) in [5, 5.41) is 11.9. The number of hydrogen-bond donors (Lipinski definition) is 2. The lowest BCUT2D eigenvalue weighted by molar-refractivity contribution is 0.469. The van der Waals surface area contributed by atoms with Crippen molar-refractivity contribution in [1.82, 2.24) is 15.3 Å². The fourth-order valence-electron chi connectivity index (χ4n) is 0.715. The fraction of sp³-hybridized carbons (Fsp3) is 0.333. The molecule has 0 fully saturated rings. The summed E-state index contributed by atoms with van der Waals surface area (Å²) in [6.07, 6.45) is 3.42. The molecular weight excluding hydrogens is 166 g/mol. The Hall–Kier alpha value is -1.60. The number of nitrogens with zero attached hydrogens (tertiary/aromatic N) is 2. The molecule has 0 bridgehead atoms. The molecule has 0 unspecified atom stereocenters. The van der Waals surface area contributed by atoms with Gasteiger partial charge in [0.2, 0.25) is 5.82 Å². The van der Waals surface area contributed by atoms with Crippen LogP contribution in [0.15, 0.2) is 12.4 Å². The Morgan fingerprint density at radius 3 is 2.77 bits per heavy atom. The molecule has 0 spiro atoms. The van der Waals surface area contributed by atoms with Crippen LogP contribution in [-0.4, -0.2) is 28.7 Å². The minimum atomic E-state index is 0.0563. The molecule has 0 aliphatic rings. The summed E-state index contributed by atoms with van der Waals surface area (Å²) < 4.78 is 0. The molecule has 0 atom stereocenters. The molecule has 1 rings (SSSR count). The SMILES string of the molecule is CNCCC#Cc1ncc(O)cn1. The first-order valence-electron chi connectivity index (χ1n) is 3.97. The summed E-state index contributed by atoms with van der Waals surface area (Å²) in [5.41, 5.74) is 0. The van der Waals surface area contributed by atoms with Gasteiger partial charge in [-0.1, -0.05) is 5.92 Å². The minimum Gasteiger partial charge on any atom is -0.505 e. The first-order valence-corrected chi connectivity index (χ1v) is 3.97. The van der Waals surface area contributed by atoms with Gasteiger partial charge in [0.05, 0.1) is 12.4 Å². The second kappa shape index (κ2) is 5.12. The first-order chi connectivity index (χ1) is 6.33. The second-order valence-electron chi connectivity index (χ2n) is 2.42. The monoisotopic (exact) mass is 177 g/mol. The van der Waals surface area contributed by atoms with Crippen molar-refractivity contribution in [3.8, 4) is 17.6 Å². The van der Waals surface area contributed by atoms with Crippen LogP contribution in [0.5, 0.6) is 5.75 Å². The Morgan fingerprint density at radius 1 is 1.46 bits per heavy atom. The molecule has 0 aromatic carbocycles. The molecule has 0 saturated carbocycles. The van der Waals surface area contributed by atoms with Crippen molar-refractivity contribution in [1.29, 1.82) is 0 Å². The highest BCUT2D eigenvalue weighted by Gasteiger charge is 1.89. The summed E-state index contributed by atoms with van der Waals surface area (Å²) in [6.45, 7) is 0.852. The van der Waals surface area contributed by atoms with Crippen LogP contribution in [0, 0.1) is 11.8 Å². The smallest absolute Gasteiger partial charge is 0.205 e. The van der Waals surface area contributed by atoms with Crippen LogP contribution in [0.2, 0.25) is 0 Å². The van der Waals surface area contributed by atoms with E-state index in [0.717, 1.165) is 13.0 Å². The molecule has 68 valence electrons. The van der Waals surface area contributed by atoms with E-state index in [9.17, 15) is 0 Å². The van der Waals surface area contributed by atoms with Crippen LogP contribution in [-0.2, 0) is 0 Å². The lowest BCUT2D eigenvalue weighted by Gasteiger charge is -1.90. The summed E-state index contributed by atoms with van der Waals surface area (Å²) >= 11 is 0. The molecule has 4 heteroatoms. The number of aromatic hydroxyl groups is 1. The van der Waals surface area contributed by atoms with E-state index >= 15 is 0 Å². The van der Waals surface area contributed by atoms with Gasteiger partial charge in [0, 0.05) is 13.0 Å². The van der Waals surface area contributed by atoms with Gasteiger partial charge in [-0.05, 0) is 13.0 Å². The predicted molar refractivity (Wildman–Crippen MR) is 49.1 cm³/mol. The van der Waals surface area contributed by atoms with Crippen molar-refractivity contribution in [2.24, 2.45) is 0 Å². The Bertz CT molecular complexity index is 310. The molecule has 0 aliphatic heterocycles. The third-order valence-corrected chi connectivity index (χ3v) is 1.34. The molecule has 4 nitrogen and oxygen atoms in total. The maximum atomic E-state index is 8.88. The quantitative estimate of drug-likeness (QED) is 0.498. The third-order valence-electron chi connectivity index (χ3n) is 1.34. The number of hydrogen-bond acceptors (Lipinski definition) is 4. The number of aromatic nitrogens is 2. The third kappa shape index (κ3) is 3.54. The van der Waals surface area contributed by atoms with Gasteiger partial charge in [0.1, 0.15) is 0 Å². The molecule has 1 aromatic heterocycles. The average molecular weight is 177 g/mol. The Balaban J connectivity index is 2.52. The highest BCUT2D eigenvalue weighted by Crippen LogP contribution is 2.00. The Labute approximate surface area is 77.0 Å². The first kappa shape index (κ1) is 9.49. The Morgan fingerprint density at radius 2 is 2.15 bits per heavy atom. The van der Waals surface area contributed by atoms with E-state index in [0.29, 0.717) is 5.82 Å². The average Bonchev–Trinajstić information content (AvgIpc) is 2.15. The van der Waals surface area contributed by atoms with Gasteiger partial charge in [-0.3, -0.25) is 0 Å². The highest BCUT2D eigenvalue weighted by molar-refractivity contribution is 5.22. The molecule has 13 heavy (non-hydrogen) atoms. The van der Waals surface area contributed by atoms with Crippen molar-refractivity contribution >= 4 is 0 Å². The zero-order chi connectivity index (χ0) is 9.52. The zero-order valence-corrected chi connectivity index (χ0v) is 7.41. The molecule has 0 aliphatic carbocycles. The summed E-state index contributed by atoms with van der Waals surface area (Å²) in [5.74, 6) is 6.18. The summed E-state index contributed by atoms with van der Waals surface area (Å²) in [7, 11) is 1.87. The van der Waals surface area contributed by atoms with Gasteiger partial charge in [0.25, 0.3) is 0 Å². The van der Waals surface area contributed by atoms with Gasteiger partial charge >= 0.3 is 0 Å². The summed E-state index contributed by atoms with van der Waals surface area (Å²) in [4.78, 5) is 7.64. The standard InChI is InChI=1S/C9H11N3O/c1-10-5-3-2-4-9-11-6-8(13)7-12-9/h6-7,10,13H,3,5H2,1H3. The van der Waals surface area contributed by atoms with E-state index in [1.54, 1.807) is 0 Å². The maximum absolute atomic E-state index is 8.88. The van der Waals surface area contributed by atoms with Crippen LogP contribution in [0.3, 0.4) is 0 Å². The van der Waals surface area contributed by atoms with E-state index in [2.05, 4.69) is 27.1 Å². The summed E-state index contributed by atoms with van der Waals surface area (Å²) in [6, 6.07) is 0. The number of rotatable bonds is 2. The van der Waals surface area contributed by atoms with Gasteiger partial charge in [-0.15, -0.1) is 0 Å². The van der Waals surface area contributed by atoms with Crippen molar-refractivity contribution in [2.75, 3.05) is 13.6 Å². The lowest BCUT2D eigenvalue weighted by atomic mass is 10.4. The zero-order valence-electron chi connectivity index (χ0n) is 7.41. The van der Waals surface area contributed by atoms with Crippen molar-refractivity contribution < 1.29 is 5.11 Å². The van der Waals surface area contributed by atoms with E-state index < -0.39 is 0 Å². The molecular formula is C9H11N3O. The molecule has 1 aromatic rings. The van der Waals surface area contributed by atoms with Crippen LogP contribution < -0.4 is 5.32 Å². The normalized spacial score (nSPS) is 9.00. The van der Waals surface area contributed by atoms with Crippen molar-refractivity contribution in [3.05, 3.63) is 18.2 Å². The van der Waals surface area contributed by atoms with Gasteiger partial charge in [0.15, 0.2) is 5.75 Å². The largest absolute Gasteiger partial charge is 0.505 e. The van der Waals surface area contributed by atoms with Gasteiger partial charge < -0.3 is 10.4 Å². The van der Waals surface area contributed by atoms with E-state index in [4.69, 9.17) is 5.11 Å². The van der Waals surface area contributed by atoms with Crippen LogP contribution >= 0.6 is 0 Å².